The van der Waals surface area contributed by atoms with E-state index in [9.17, 15) is 4.79 Å². The van der Waals surface area contributed by atoms with E-state index in [0.29, 0.717) is 22.3 Å². The maximum atomic E-state index is 10.8. The second-order valence-electron chi connectivity index (χ2n) is 3.66. The number of carbonyl (C=O) groups excluding carboxylic acids is 1. The van der Waals surface area contributed by atoms with Crippen LogP contribution in [-0.4, -0.2) is 20.9 Å². The first-order chi connectivity index (χ1) is 8.56. The van der Waals surface area contributed by atoms with Crippen molar-refractivity contribution in [2.75, 3.05) is 0 Å². The summed E-state index contributed by atoms with van der Waals surface area (Å²) in [6.45, 7) is 1.79. The lowest BCUT2D eigenvalue weighted by Gasteiger charge is -2.01. The summed E-state index contributed by atoms with van der Waals surface area (Å²) in [5, 5.41) is 11.5. The van der Waals surface area contributed by atoms with Crippen LogP contribution in [0.5, 0.6) is 0 Å². The van der Waals surface area contributed by atoms with Crippen molar-refractivity contribution >= 4 is 29.1 Å². The Morgan fingerprint density at radius 1 is 1.39 bits per heavy atom. The predicted molar refractivity (Wildman–Crippen MR) is 68.9 cm³/mol. The maximum Gasteiger partial charge on any atom is 0.217 e. The zero-order chi connectivity index (χ0) is 13.1. The minimum atomic E-state index is -0.112. The quantitative estimate of drug-likeness (QED) is 0.940. The van der Waals surface area contributed by atoms with Gasteiger partial charge in [0.15, 0.2) is 0 Å². The van der Waals surface area contributed by atoms with Gasteiger partial charge in [-0.15, -0.1) is 5.10 Å². The lowest BCUT2D eigenvalue weighted by molar-refractivity contribution is -0.119. The third kappa shape index (κ3) is 3.00. The molecule has 0 aliphatic rings. The molecule has 0 spiro atoms. The number of nitrogens with zero attached hydrogens (tertiary/aromatic N) is 3. The second-order valence-corrected chi connectivity index (χ2v) is 4.48. The molecule has 2 rings (SSSR count). The van der Waals surface area contributed by atoms with Gasteiger partial charge in [-0.2, -0.15) is 0 Å². The first-order valence-electron chi connectivity index (χ1n) is 5.17. The average Bonchev–Trinajstić information content (AvgIpc) is 2.79. The fourth-order valence-corrected chi connectivity index (χ4v) is 1.64. The predicted octanol–water partition coefficient (Wildman–Crippen LogP) is 2.21. The van der Waals surface area contributed by atoms with E-state index in [1.54, 1.807) is 29.1 Å². The van der Waals surface area contributed by atoms with Crippen LogP contribution in [0.1, 0.15) is 12.6 Å². The third-order valence-electron chi connectivity index (χ3n) is 2.23. The van der Waals surface area contributed by atoms with Crippen LogP contribution in [0.3, 0.4) is 0 Å². The molecule has 1 N–H and O–H groups in total. The van der Waals surface area contributed by atoms with Crippen molar-refractivity contribution in [2.45, 2.75) is 13.5 Å². The monoisotopic (exact) mass is 284 g/mol. The normalized spacial score (nSPS) is 10.4. The molecule has 0 saturated carbocycles. The molecule has 18 heavy (non-hydrogen) atoms. The summed E-state index contributed by atoms with van der Waals surface area (Å²) in [6.07, 6.45) is 1.72. The first kappa shape index (κ1) is 12.9. The number of carbonyl (C=O) groups is 1. The lowest BCUT2D eigenvalue weighted by atomic mass is 10.3. The highest BCUT2D eigenvalue weighted by molar-refractivity contribution is 6.42. The van der Waals surface area contributed by atoms with Crippen molar-refractivity contribution in [1.82, 2.24) is 20.3 Å². The summed E-state index contributed by atoms with van der Waals surface area (Å²) < 4.78 is 1.57. The first-order valence-corrected chi connectivity index (χ1v) is 5.93. The summed E-state index contributed by atoms with van der Waals surface area (Å²) >= 11 is 11.8. The zero-order valence-electron chi connectivity index (χ0n) is 9.52. The number of hydrogen-bond acceptors (Lipinski definition) is 3. The van der Waals surface area contributed by atoms with Crippen molar-refractivity contribution in [3.63, 3.8) is 0 Å². The van der Waals surface area contributed by atoms with Crippen LogP contribution in [0.4, 0.5) is 0 Å². The highest BCUT2D eigenvalue weighted by Gasteiger charge is 2.05. The van der Waals surface area contributed by atoms with Gasteiger partial charge >= 0.3 is 0 Å². The van der Waals surface area contributed by atoms with Gasteiger partial charge in [0.1, 0.15) is 5.69 Å². The van der Waals surface area contributed by atoms with Crippen LogP contribution in [0.2, 0.25) is 10.0 Å². The van der Waals surface area contributed by atoms with E-state index in [4.69, 9.17) is 23.2 Å². The van der Waals surface area contributed by atoms with E-state index in [2.05, 4.69) is 15.6 Å². The van der Waals surface area contributed by atoms with Gasteiger partial charge in [-0.3, -0.25) is 4.79 Å². The Balaban J connectivity index is 2.18. The number of amides is 1. The van der Waals surface area contributed by atoms with Gasteiger partial charge in [0.25, 0.3) is 0 Å². The molecule has 0 fully saturated rings. The highest BCUT2D eigenvalue weighted by atomic mass is 35.5. The molecule has 0 aliphatic heterocycles. The molecule has 0 radical (unpaired) electrons. The Morgan fingerprint density at radius 3 is 2.83 bits per heavy atom. The van der Waals surface area contributed by atoms with E-state index < -0.39 is 0 Å². The lowest BCUT2D eigenvalue weighted by Crippen LogP contribution is -2.19. The van der Waals surface area contributed by atoms with Crippen LogP contribution in [0.25, 0.3) is 5.69 Å². The molecule has 1 amide bonds. The van der Waals surface area contributed by atoms with Gasteiger partial charge in [-0.1, -0.05) is 28.4 Å². The number of aromatic nitrogens is 3. The van der Waals surface area contributed by atoms with Gasteiger partial charge in [-0.25, -0.2) is 4.68 Å². The van der Waals surface area contributed by atoms with Crippen molar-refractivity contribution in [3.05, 3.63) is 40.1 Å². The minimum Gasteiger partial charge on any atom is -0.351 e. The molecule has 0 saturated heterocycles. The topological polar surface area (TPSA) is 59.8 Å². The van der Waals surface area contributed by atoms with Crippen LogP contribution in [-0.2, 0) is 11.3 Å². The van der Waals surface area contributed by atoms with Crippen LogP contribution >= 0.6 is 23.2 Å². The fraction of sp³-hybridized carbons (Fsp3) is 0.182. The number of nitrogens with one attached hydrogen (secondary N) is 1. The molecule has 1 aromatic heterocycles. The summed E-state index contributed by atoms with van der Waals surface area (Å²) in [5.74, 6) is -0.112. The fourth-order valence-electron chi connectivity index (χ4n) is 1.35. The van der Waals surface area contributed by atoms with Crippen molar-refractivity contribution < 1.29 is 4.79 Å². The Bertz CT molecular complexity index is 582. The van der Waals surface area contributed by atoms with Gasteiger partial charge in [-0.05, 0) is 18.2 Å². The Hall–Kier alpha value is -1.59. The molecule has 1 heterocycles. The number of benzene rings is 1. The SMILES string of the molecule is CC(=O)NCc1cn(-c2ccc(Cl)c(Cl)c2)nn1. The average molecular weight is 285 g/mol. The van der Waals surface area contributed by atoms with Gasteiger partial charge in [0.05, 0.1) is 28.5 Å². The maximum absolute atomic E-state index is 10.8. The molecule has 2 aromatic rings. The zero-order valence-corrected chi connectivity index (χ0v) is 11.0. The molecule has 94 valence electrons. The Labute approximate surface area is 114 Å². The Kier molecular flexibility index (Phi) is 3.84. The van der Waals surface area contributed by atoms with E-state index in [1.165, 1.54) is 6.92 Å². The van der Waals surface area contributed by atoms with Gasteiger partial charge < -0.3 is 5.32 Å². The van der Waals surface area contributed by atoms with Crippen molar-refractivity contribution in [2.24, 2.45) is 0 Å². The summed E-state index contributed by atoms with van der Waals surface area (Å²) in [5.41, 5.74) is 1.42. The largest absolute Gasteiger partial charge is 0.351 e. The molecule has 7 heteroatoms. The number of halogens is 2. The van der Waals surface area contributed by atoms with Gasteiger partial charge in [0.2, 0.25) is 5.91 Å². The number of rotatable bonds is 3. The molecule has 1 aromatic carbocycles. The number of hydrogen-bond donors (Lipinski definition) is 1. The second kappa shape index (κ2) is 5.37. The summed E-state index contributed by atoms with van der Waals surface area (Å²) in [4.78, 5) is 10.8. The standard InChI is InChI=1S/C11H10Cl2N4O/c1-7(18)14-5-8-6-17(16-15-8)9-2-3-10(12)11(13)4-9/h2-4,6H,5H2,1H3,(H,14,18). The van der Waals surface area contributed by atoms with Crippen LogP contribution < -0.4 is 5.32 Å². The third-order valence-corrected chi connectivity index (χ3v) is 2.97. The Morgan fingerprint density at radius 2 is 2.17 bits per heavy atom. The van der Waals surface area contributed by atoms with E-state index >= 15 is 0 Å². The summed E-state index contributed by atoms with van der Waals surface area (Å²) in [7, 11) is 0. The molecule has 5 nitrogen and oxygen atoms in total. The van der Waals surface area contributed by atoms with Gasteiger partial charge in [0, 0.05) is 6.92 Å². The van der Waals surface area contributed by atoms with Crippen molar-refractivity contribution in [1.29, 1.82) is 0 Å². The van der Waals surface area contributed by atoms with E-state index in [-0.39, 0.29) is 5.91 Å². The minimum absolute atomic E-state index is 0.112. The molecule has 0 unspecified atom stereocenters. The van der Waals surface area contributed by atoms with Crippen LogP contribution in [0.15, 0.2) is 24.4 Å². The molecule has 0 bridgehead atoms. The summed E-state index contributed by atoms with van der Waals surface area (Å²) in [6, 6.07) is 5.17. The van der Waals surface area contributed by atoms with E-state index in [1.807, 2.05) is 0 Å². The molecular weight excluding hydrogens is 275 g/mol. The van der Waals surface area contributed by atoms with Crippen molar-refractivity contribution in [3.8, 4) is 5.69 Å². The van der Waals surface area contributed by atoms with E-state index in [0.717, 1.165) is 5.69 Å². The van der Waals surface area contributed by atoms with Crippen LogP contribution in [0, 0.1) is 0 Å². The molecular formula is C11H10Cl2N4O. The smallest absolute Gasteiger partial charge is 0.217 e. The molecule has 0 aliphatic carbocycles. The molecule has 0 atom stereocenters. The highest BCUT2D eigenvalue weighted by Crippen LogP contribution is 2.24.